The number of hydrazine groups is 1. The van der Waals surface area contributed by atoms with Crippen molar-refractivity contribution in [3.63, 3.8) is 0 Å². The van der Waals surface area contributed by atoms with Crippen LogP contribution in [0.3, 0.4) is 0 Å². The fraction of sp³-hybridized carbons (Fsp3) is 0.519. The van der Waals surface area contributed by atoms with Gasteiger partial charge in [0.25, 0.3) is 0 Å². The number of aryl methyl sites for hydroxylation is 1. The summed E-state index contributed by atoms with van der Waals surface area (Å²) in [6.07, 6.45) is 1.40. The second kappa shape index (κ2) is 11.3. The maximum atomic E-state index is 13.5. The van der Waals surface area contributed by atoms with E-state index in [0.717, 1.165) is 17.5 Å². The lowest BCUT2D eigenvalue weighted by molar-refractivity contribution is -0.130. The molecule has 0 saturated carbocycles. The van der Waals surface area contributed by atoms with Gasteiger partial charge in [-0.25, -0.2) is 10.9 Å². The molecule has 9 heteroatoms. The highest BCUT2D eigenvalue weighted by Gasteiger charge is 2.55. The topological polar surface area (TPSA) is 103 Å². The van der Waals surface area contributed by atoms with Crippen molar-refractivity contribution in [1.82, 2.24) is 15.8 Å². The van der Waals surface area contributed by atoms with Crippen LogP contribution in [0.4, 0.5) is 0 Å². The monoisotopic (exact) mass is 517 g/mol. The Morgan fingerprint density at radius 2 is 1.89 bits per heavy atom. The number of fused-ring (bicyclic) bond motifs is 1. The van der Waals surface area contributed by atoms with E-state index in [2.05, 4.69) is 24.7 Å². The summed E-state index contributed by atoms with van der Waals surface area (Å²) >= 11 is 6.41. The van der Waals surface area contributed by atoms with E-state index in [-0.39, 0.29) is 36.3 Å². The number of benzene rings is 2. The van der Waals surface area contributed by atoms with Crippen LogP contribution in [0.15, 0.2) is 30.3 Å². The predicted octanol–water partition coefficient (Wildman–Crippen LogP) is 3.89. The maximum Gasteiger partial charge on any atom is 0.242 e. The van der Waals surface area contributed by atoms with Crippen LogP contribution < -0.4 is 20.3 Å². The summed E-state index contributed by atoms with van der Waals surface area (Å²) in [4.78, 5) is 15.3. The first-order valence-corrected chi connectivity index (χ1v) is 12.9. The number of carbonyl (C=O) groups is 1. The maximum absolute atomic E-state index is 13.5. The third-order valence-electron chi connectivity index (χ3n) is 7.10. The van der Waals surface area contributed by atoms with Gasteiger partial charge in [0.2, 0.25) is 5.91 Å². The molecule has 8 nitrogen and oxygen atoms in total. The molecule has 0 bridgehead atoms. The van der Waals surface area contributed by atoms with Gasteiger partial charge in [0, 0.05) is 29.7 Å². The zero-order valence-corrected chi connectivity index (χ0v) is 22.0. The lowest BCUT2D eigenvalue weighted by Gasteiger charge is -2.32. The zero-order chi connectivity index (χ0) is 26.0. The number of phenolic OH excluding ortho intramolecular Hbond substituents is 1. The van der Waals surface area contributed by atoms with Crippen LogP contribution in [0.2, 0.25) is 5.02 Å². The largest absolute Gasteiger partial charge is 0.508 e. The van der Waals surface area contributed by atoms with E-state index < -0.39 is 6.04 Å². The van der Waals surface area contributed by atoms with Gasteiger partial charge in [0.15, 0.2) is 11.5 Å². The number of aromatic hydroxyl groups is 1. The number of rotatable bonds is 10. The molecule has 196 valence electrons. The number of nitrogens with one attached hydrogen (secondary N) is 2. The Hall–Kier alpha value is -2.52. The molecule has 4 atom stereocenters. The van der Waals surface area contributed by atoms with E-state index in [1.807, 2.05) is 30.0 Å². The minimum absolute atomic E-state index is 0.0126. The van der Waals surface area contributed by atoms with E-state index >= 15 is 0 Å². The SMILES string of the molecule is COc1cc(C2C3C(NNC3c3cc(Cl)c(C)cc3O)C(=O)N2CCCO)ccc1OCCC(C)C. The molecule has 0 aliphatic carbocycles. The highest BCUT2D eigenvalue weighted by atomic mass is 35.5. The molecule has 2 aromatic rings. The molecule has 0 aromatic heterocycles. The van der Waals surface area contributed by atoms with Crippen molar-refractivity contribution < 1.29 is 24.5 Å². The quantitative estimate of drug-likeness (QED) is 0.379. The smallest absolute Gasteiger partial charge is 0.242 e. The van der Waals surface area contributed by atoms with Crippen LogP contribution in [0.5, 0.6) is 17.2 Å². The van der Waals surface area contributed by atoms with Crippen molar-refractivity contribution in [2.24, 2.45) is 11.8 Å². The number of likely N-dealkylation sites (tertiary alicyclic amines) is 1. The fourth-order valence-corrected chi connectivity index (χ4v) is 5.35. The Labute approximate surface area is 217 Å². The molecular formula is C27H36ClN3O5. The van der Waals surface area contributed by atoms with Gasteiger partial charge in [-0.1, -0.05) is 31.5 Å². The number of hydrogen-bond donors (Lipinski definition) is 4. The first kappa shape index (κ1) is 26.5. The number of aliphatic hydroxyl groups is 1. The number of halogens is 1. The number of ether oxygens (including phenoxy) is 2. The molecule has 0 radical (unpaired) electrons. The lowest BCUT2D eigenvalue weighted by atomic mass is 9.83. The van der Waals surface area contributed by atoms with Crippen LogP contribution in [0.1, 0.15) is 55.5 Å². The summed E-state index contributed by atoms with van der Waals surface area (Å²) in [6.45, 7) is 7.13. The molecule has 2 fully saturated rings. The van der Waals surface area contributed by atoms with Crippen molar-refractivity contribution in [1.29, 1.82) is 0 Å². The van der Waals surface area contributed by atoms with Gasteiger partial charge < -0.3 is 24.6 Å². The average Bonchev–Trinajstić information content (AvgIpc) is 3.38. The predicted molar refractivity (Wildman–Crippen MR) is 138 cm³/mol. The molecule has 2 aromatic carbocycles. The molecular weight excluding hydrogens is 482 g/mol. The minimum Gasteiger partial charge on any atom is -0.508 e. The molecule has 1 amide bonds. The summed E-state index contributed by atoms with van der Waals surface area (Å²) in [5, 5.41) is 20.8. The zero-order valence-electron chi connectivity index (χ0n) is 21.3. The van der Waals surface area contributed by atoms with Crippen molar-refractivity contribution >= 4 is 17.5 Å². The van der Waals surface area contributed by atoms with Gasteiger partial charge >= 0.3 is 0 Å². The highest BCUT2D eigenvalue weighted by Crippen LogP contribution is 2.50. The van der Waals surface area contributed by atoms with Crippen LogP contribution in [-0.4, -0.2) is 53.9 Å². The first-order valence-electron chi connectivity index (χ1n) is 12.5. The Bertz CT molecular complexity index is 1100. The molecule has 36 heavy (non-hydrogen) atoms. The van der Waals surface area contributed by atoms with Crippen LogP contribution >= 0.6 is 11.6 Å². The Morgan fingerprint density at radius 1 is 1.14 bits per heavy atom. The Balaban J connectivity index is 1.72. The molecule has 2 heterocycles. The highest BCUT2D eigenvalue weighted by molar-refractivity contribution is 6.31. The average molecular weight is 518 g/mol. The van der Waals surface area contributed by atoms with E-state index in [1.165, 1.54) is 0 Å². The molecule has 4 N–H and O–H groups in total. The van der Waals surface area contributed by atoms with Crippen molar-refractivity contribution in [2.75, 3.05) is 26.9 Å². The van der Waals surface area contributed by atoms with Crippen molar-refractivity contribution in [3.05, 3.63) is 52.0 Å². The van der Waals surface area contributed by atoms with E-state index in [9.17, 15) is 15.0 Å². The number of hydrogen-bond acceptors (Lipinski definition) is 7. The summed E-state index contributed by atoms with van der Waals surface area (Å²) < 4.78 is 11.6. The third kappa shape index (κ3) is 5.13. The van der Waals surface area contributed by atoms with Crippen LogP contribution in [-0.2, 0) is 4.79 Å². The van der Waals surface area contributed by atoms with Gasteiger partial charge in [-0.15, -0.1) is 0 Å². The van der Waals surface area contributed by atoms with Crippen molar-refractivity contribution in [3.8, 4) is 17.2 Å². The molecule has 4 unspecified atom stereocenters. The Kier molecular flexibility index (Phi) is 8.30. The van der Waals surface area contributed by atoms with Crippen LogP contribution in [0, 0.1) is 18.8 Å². The second-order valence-corrected chi connectivity index (χ2v) is 10.4. The second-order valence-electron chi connectivity index (χ2n) is 9.98. The van der Waals surface area contributed by atoms with Crippen LogP contribution in [0.25, 0.3) is 0 Å². The summed E-state index contributed by atoms with van der Waals surface area (Å²) in [6, 6.07) is 8.01. The number of amides is 1. The fourth-order valence-electron chi connectivity index (χ4n) is 5.18. The molecule has 2 aliphatic heterocycles. The normalized spacial score (nSPS) is 23.4. The van der Waals surface area contributed by atoms with Gasteiger partial charge in [-0.3, -0.25) is 4.79 Å². The molecule has 0 spiro atoms. The number of aliphatic hydroxyl groups excluding tert-OH is 1. The summed E-state index contributed by atoms with van der Waals surface area (Å²) in [5.74, 6) is 1.63. The Morgan fingerprint density at radius 3 is 2.58 bits per heavy atom. The lowest BCUT2D eigenvalue weighted by Crippen LogP contribution is -2.41. The van der Waals surface area contributed by atoms with E-state index in [4.69, 9.17) is 21.1 Å². The van der Waals surface area contributed by atoms with Gasteiger partial charge in [-0.2, -0.15) is 0 Å². The molecule has 4 rings (SSSR count). The van der Waals surface area contributed by atoms with Gasteiger partial charge in [-0.05, 0) is 61.1 Å². The van der Waals surface area contributed by atoms with Gasteiger partial charge in [0.05, 0.1) is 25.8 Å². The standard InChI is InChI=1S/C27H36ClN3O5/c1-15(2)8-11-36-21-7-6-17(13-22(21)35-4)26-23-24(18-14-19(28)16(3)12-20(18)33)29-30-25(23)27(34)31(26)9-5-10-32/h6-7,12-15,23-26,29-30,32-33H,5,8-11H2,1-4H3. The summed E-state index contributed by atoms with van der Waals surface area (Å²) in [7, 11) is 1.61. The summed E-state index contributed by atoms with van der Waals surface area (Å²) in [5.41, 5.74) is 8.69. The number of phenols is 1. The van der Waals surface area contributed by atoms with Gasteiger partial charge in [0.1, 0.15) is 11.8 Å². The number of methoxy groups -OCH3 is 1. The molecule has 2 aliphatic rings. The van der Waals surface area contributed by atoms with E-state index in [0.29, 0.717) is 47.6 Å². The first-order chi connectivity index (χ1) is 17.3. The number of nitrogens with zero attached hydrogens (tertiary/aromatic N) is 1. The number of carbonyl (C=O) groups excluding carboxylic acids is 1. The molecule has 2 saturated heterocycles. The third-order valence-corrected chi connectivity index (χ3v) is 7.50. The minimum atomic E-state index is -0.494. The van der Waals surface area contributed by atoms with Crippen molar-refractivity contribution in [2.45, 2.75) is 51.7 Å². The van der Waals surface area contributed by atoms with E-state index in [1.54, 1.807) is 19.2 Å².